The van der Waals surface area contributed by atoms with Crippen molar-refractivity contribution in [3.05, 3.63) is 23.0 Å². The van der Waals surface area contributed by atoms with Crippen LogP contribution in [-0.4, -0.2) is 40.1 Å². The number of aryl methyl sites for hydroxylation is 1. The molecular weight excluding hydrogens is 302 g/mol. The Balaban J connectivity index is 1.88. The Morgan fingerprint density at radius 1 is 1.40 bits per heavy atom. The van der Waals surface area contributed by atoms with Gasteiger partial charge in [-0.25, -0.2) is 8.78 Å². The van der Waals surface area contributed by atoms with E-state index in [2.05, 4.69) is 11.7 Å². The molecule has 0 bridgehead atoms. The van der Waals surface area contributed by atoms with Crippen molar-refractivity contribution >= 4 is 28.4 Å². The fraction of sp³-hybridized carbons (Fsp3) is 0.615. The normalized spacial score (nSPS) is 20.8. The molecule has 7 heteroatoms. The van der Waals surface area contributed by atoms with E-state index in [4.69, 9.17) is 0 Å². The maximum absolute atomic E-state index is 13.6. The minimum Gasteiger partial charge on any atom is -0.338 e. The van der Waals surface area contributed by atoms with Crippen LogP contribution in [0, 0.1) is 0 Å². The number of hydrogen-bond acceptors (Lipinski definition) is 3. The zero-order chi connectivity index (χ0) is 14.3. The van der Waals surface area contributed by atoms with E-state index in [0.717, 1.165) is 11.3 Å². The quantitative estimate of drug-likeness (QED) is 0.685. The number of nitrogens with zero attached hydrogens (tertiary/aromatic N) is 2. The van der Waals surface area contributed by atoms with Crippen molar-refractivity contribution in [1.29, 1.82) is 0 Å². The van der Waals surface area contributed by atoms with Gasteiger partial charge in [0, 0.05) is 37.5 Å². The van der Waals surface area contributed by atoms with Crippen molar-refractivity contribution in [3.63, 3.8) is 0 Å². The SMILES string of the molecule is O=C1c2cc3c(n2CCN1CCSS)CC(F)(F)CC3. The zero-order valence-electron chi connectivity index (χ0n) is 10.9. The fourth-order valence-electron chi connectivity index (χ4n) is 3.00. The second kappa shape index (κ2) is 5.26. The molecule has 0 saturated heterocycles. The number of rotatable bonds is 3. The summed E-state index contributed by atoms with van der Waals surface area (Å²) in [5.74, 6) is -1.91. The zero-order valence-corrected chi connectivity index (χ0v) is 12.7. The molecule has 0 aromatic carbocycles. The van der Waals surface area contributed by atoms with E-state index in [9.17, 15) is 13.6 Å². The average Bonchev–Trinajstić information content (AvgIpc) is 2.76. The summed E-state index contributed by atoms with van der Waals surface area (Å²) in [7, 11) is 1.40. The van der Waals surface area contributed by atoms with Gasteiger partial charge in [-0.3, -0.25) is 4.79 Å². The van der Waals surface area contributed by atoms with Crippen LogP contribution in [0.15, 0.2) is 6.07 Å². The lowest BCUT2D eigenvalue weighted by Crippen LogP contribution is -2.42. The molecule has 3 nitrogen and oxygen atoms in total. The third-order valence-corrected chi connectivity index (χ3v) is 4.95. The topological polar surface area (TPSA) is 25.2 Å². The molecule has 1 aliphatic carbocycles. The van der Waals surface area contributed by atoms with Crippen molar-refractivity contribution in [2.24, 2.45) is 0 Å². The van der Waals surface area contributed by atoms with Crippen molar-refractivity contribution in [3.8, 4) is 0 Å². The Hall–Kier alpha value is -0.690. The highest BCUT2D eigenvalue weighted by Gasteiger charge is 2.38. The number of carbonyl (C=O) groups excluding carboxylic acids is 1. The first-order chi connectivity index (χ1) is 9.52. The van der Waals surface area contributed by atoms with Crippen molar-refractivity contribution < 1.29 is 13.6 Å². The summed E-state index contributed by atoms with van der Waals surface area (Å²) >= 11 is 4.07. The van der Waals surface area contributed by atoms with Crippen LogP contribution in [-0.2, 0) is 19.4 Å². The Kier molecular flexibility index (Phi) is 3.75. The summed E-state index contributed by atoms with van der Waals surface area (Å²) in [5, 5.41) is 0. The first-order valence-corrected chi connectivity index (χ1v) is 8.70. The van der Waals surface area contributed by atoms with Crippen LogP contribution in [0.5, 0.6) is 0 Å². The number of alkyl halides is 2. The van der Waals surface area contributed by atoms with Crippen LogP contribution < -0.4 is 0 Å². The number of thiol groups is 1. The van der Waals surface area contributed by atoms with Crippen molar-refractivity contribution in [1.82, 2.24) is 9.47 Å². The fourth-order valence-corrected chi connectivity index (χ4v) is 3.55. The number of halogens is 2. The first-order valence-electron chi connectivity index (χ1n) is 6.66. The maximum atomic E-state index is 13.6. The largest absolute Gasteiger partial charge is 0.338 e. The lowest BCUT2D eigenvalue weighted by Gasteiger charge is -2.30. The minimum absolute atomic E-state index is 0.0450. The molecule has 0 N–H and O–H groups in total. The second-order valence-corrected chi connectivity index (χ2v) is 6.75. The van der Waals surface area contributed by atoms with Gasteiger partial charge < -0.3 is 9.47 Å². The van der Waals surface area contributed by atoms with Gasteiger partial charge in [-0.15, -0.1) is 11.7 Å². The van der Waals surface area contributed by atoms with Gasteiger partial charge in [0.15, 0.2) is 0 Å². The molecule has 20 heavy (non-hydrogen) atoms. The van der Waals surface area contributed by atoms with Gasteiger partial charge >= 0.3 is 0 Å². The molecule has 0 spiro atoms. The van der Waals surface area contributed by atoms with Gasteiger partial charge in [0.2, 0.25) is 0 Å². The molecule has 1 aromatic heterocycles. The second-order valence-electron chi connectivity index (χ2n) is 5.31. The van der Waals surface area contributed by atoms with E-state index in [1.807, 2.05) is 6.07 Å². The van der Waals surface area contributed by atoms with E-state index >= 15 is 0 Å². The van der Waals surface area contributed by atoms with Gasteiger partial charge in [0.1, 0.15) is 5.69 Å². The minimum atomic E-state index is -2.63. The number of fused-ring (bicyclic) bond motifs is 3. The molecule has 0 fully saturated rings. The molecule has 0 atom stereocenters. The molecule has 0 radical (unpaired) electrons. The predicted molar refractivity (Wildman–Crippen MR) is 78.8 cm³/mol. The molecule has 2 aliphatic rings. The highest BCUT2D eigenvalue weighted by atomic mass is 33.1. The third-order valence-electron chi connectivity index (χ3n) is 4.04. The van der Waals surface area contributed by atoms with Crippen molar-refractivity contribution in [2.75, 3.05) is 18.8 Å². The molecule has 0 unspecified atom stereocenters. The van der Waals surface area contributed by atoms with Crippen molar-refractivity contribution in [2.45, 2.75) is 31.7 Å². The van der Waals surface area contributed by atoms with E-state index < -0.39 is 5.92 Å². The van der Waals surface area contributed by atoms with Crippen LogP contribution in [0.1, 0.15) is 28.2 Å². The first kappa shape index (κ1) is 14.3. The van der Waals surface area contributed by atoms with Crippen LogP contribution in [0.2, 0.25) is 0 Å². The smallest absolute Gasteiger partial charge is 0.270 e. The Bertz CT molecular complexity index is 545. The van der Waals surface area contributed by atoms with Crippen LogP contribution in [0.3, 0.4) is 0 Å². The average molecular weight is 318 g/mol. The standard InChI is InChI=1S/C13H16F2N2OS2/c14-13(15)2-1-9-7-10-12(18)16(5-6-20-19)3-4-17(10)11(9)8-13/h7,19H,1-6,8H2. The van der Waals surface area contributed by atoms with Crippen LogP contribution >= 0.6 is 22.5 Å². The summed E-state index contributed by atoms with van der Waals surface area (Å²) in [6, 6.07) is 1.81. The molecule has 1 amide bonds. The summed E-state index contributed by atoms with van der Waals surface area (Å²) in [6.45, 7) is 1.86. The Morgan fingerprint density at radius 2 is 2.20 bits per heavy atom. The highest BCUT2D eigenvalue weighted by Crippen LogP contribution is 2.35. The molecule has 2 heterocycles. The van der Waals surface area contributed by atoms with Gasteiger partial charge in [0.05, 0.1) is 6.42 Å². The van der Waals surface area contributed by atoms with Crippen LogP contribution in [0.25, 0.3) is 0 Å². The molecule has 0 saturated carbocycles. The predicted octanol–water partition coefficient (Wildman–Crippen LogP) is 2.65. The third kappa shape index (κ3) is 2.45. The molecule has 1 aromatic rings. The van der Waals surface area contributed by atoms with E-state index in [1.165, 1.54) is 10.8 Å². The van der Waals surface area contributed by atoms with Gasteiger partial charge in [-0.2, -0.15) is 0 Å². The summed E-state index contributed by atoms with van der Waals surface area (Å²) < 4.78 is 28.9. The van der Waals surface area contributed by atoms with E-state index in [-0.39, 0.29) is 18.7 Å². The van der Waals surface area contributed by atoms with Gasteiger partial charge in [0.25, 0.3) is 11.8 Å². The number of amides is 1. The number of aromatic nitrogens is 1. The maximum Gasteiger partial charge on any atom is 0.270 e. The summed E-state index contributed by atoms with van der Waals surface area (Å²) in [6.07, 6.45) is 0.0157. The molecule has 1 aliphatic heterocycles. The molecule has 3 rings (SSSR count). The number of carbonyl (C=O) groups is 1. The number of hydrogen-bond donors (Lipinski definition) is 1. The van der Waals surface area contributed by atoms with Gasteiger partial charge in [-0.1, -0.05) is 10.8 Å². The van der Waals surface area contributed by atoms with E-state index in [0.29, 0.717) is 37.4 Å². The van der Waals surface area contributed by atoms with E-state index in [1.54, 1.807) is 9.47 Å². The van der Waals surface area contributed by atoms with Crippen LogP contribution in [0.4, 0.5) is 8.78 Å². The van der Waals surface area contributed by atoms with Gasteiger partial charge in [-0.05, 0) is 18.1 Å². The highest BCUT2D eigenvalue weighted by molar-refractivity contribution is 8.68. The summed E-state index contributed by atoms with van der Waals surface area (Å²) in [5.41, 5.74) is 2.15. The Morgan fingerprint density at radius 3 is 2.95 bits per heavy atom. The molecular formula is C13H16F2N2OS2. The Labute approximate surface area is 125 Å². The lowest BCUT2D eigenvalue weighted by molar-refractivity contribution is -0.0143. The monoisotopic (exact) mass is 318 g/mol. The molecule has 110 valence electrons. The summed E-state index contributed by atoms with van der Waals surface area (Å²) in [4.78, 5) is 14.2. The lowest BCUT2D eigenvalue weighted by atomic mass is 9.94.